The summed E-state index contributed by atoms with van der Waals surface area (Å²) in [5, 5.41) is 5.83. The van der Waals surface area contributed by atoms with Crippen molar-refractivity contribution in [3.8, 4) is 0 Å². The second-order valence-corrected chi connectivity index (χ2v) is 5.84. The molecule has 0 aliphatic carbocycles. The van der Waals surface area contributed by atoms with Gasteiger partial charge >= 0.3 is 0 Å². The molecule has 0 unspecified atom stereocenters. The standard InChI is InChI=1S/C17H12BrClN2O/c1-22-21-17(13-6-4-7-14(19)16(13)18)12-9-11-5-2-3-8-15(11)20-10-12/h2-10H,1H3. The topological polar surface area (TPSA) is 34.5 Å². The van der Waals surface area contributed by atoms with Crippen LogP contribution in [0.1, 0.15) is 11.1 Å². The molecule has 0 amide bonds. The van der Waals surface area contributed by atoms with Crippen molar-refractivity contribution in [2.24, 2.45) is 5.16 Å². The van der Waals surface area contributed by atoms with Gasteiger partial charge in [-0.1, -0.05) is 47.1 Å². The van der Waals surface area contributed by atoms with Crippen molar-refractivity contribution in [3.63, 3.8) is 0 Å². The van der Waals surface area contributed by atoms with Crippen LogP contribution < -0.4 is 0 Å². The van der Waals surface area contributed by atoms with Crippen molar-refractivity contribution in [2.75, 3.05) is 7.11 Å². The third kappa shape index (κ3) is 2.85. The maximum Gasteiger partial charge on any atom is 0.120 e. The Hall–Kier alpha value is -1.91. The number of oxime groups is 1. The highest BCUT2D eigenvalue weighted by molar-refractivity contribution is 9.10. The van der Waals surface area contributed by atoms with Gasteiger partial charge in [-0.3, -0.25) is 4.98 Å². The highest BCUT2D eigenvalue weighted by Crippen LogP contribution is 2.29. The van der Waals surface area contributed by atoms with Gasteiger partial charge in [-0.25, -0.2) is 0 Å². The summed E-state index contributed by atoms with van der Waals surface area (Å²) < 4.78 is 0.778. The van der Waals surface area contributed by atoms with E-state index in [-0.39, 0.29) is 0 Å². The quantitative estimate of drug-likeness (QED) is 0.474. The molecule has 0 atom stereocenters. The van der Waals surface area contributed by atoms with E-state index in [0.29, 0.717) is 10.7 Å². The van der Waals surface area contributed by atoms with Crippen LogP contribution in [0.15, 0.2) is 64.4 Å². The molecule has 3 nitrogen and oxygen atoms in total. The van der Waals surface area contributed by atoms with Crippen LogP contribution in [-0.4, -0.2) is 17.8 Å². The molecule has 0 fully saturated rings. The molecular formula is C17H12BrClN2O. The van der Waals surface area contributed by atoms with Gasteiger partial charge in [0.15, 0.2) is 0 Å². The monoisotopic (exact) mass is 374 g/mol. The van der Waals surface area contributed by atoms with E-state index in [9.17, 15) is 0 Å². The van der Waals surface area contributed by atoms with Gasteiger partial charge in [0, 0.05) is 27.2 Å². The fourth-order valence-corrected chi connectivity index (χ4v) is 2.86. The van der Waals surface area contributed by atoms with E-state index in [1.54, 1.807) is 6.20 Å². The summed E-state index contributed by atoms with van der Waals surface area (Å²) in [5.74, 6) is 0. The highest BCUT2D eigenvalue weighted by atomic mass is 79.9. The Morgan fingerprint density at radius 2 is 2.00 bits per heavy atom. The average molecular weight is 376 g/mol. The van der Waals surface area contributed by atoms with E-state index >= 15 is 0 Å². The first-order chi connectivity index (χ1) is 10.7. The van der Waals surface area contributed by atoms with Gasteiger partial charge < -0.3 is 4.84 Å². The van der Waals surface area contributed by atoms with Crippen molar-refractivity contribution in [2.45, 2.75) is 0 Å². The van der Waals surface area contributed by atoms with Crippen LogP contribution in [0.4, 0.5) is 0 Å². The predicted molar refractivity (Wildman–Crippen MR) is 93.5 cm³/mol. The maximum atomic E-state index is 6.18. The zero-order valence-corrected chi connectivity index (χ0v) is 14.1. The van der Waals surface area contributed by atoms with E-state index in [1.165, 1.54) is 7.11 Å². The molecule has 1 heterocycles. The smallest absolute Gasteiger partial charge is 0.120 e. The Labute approximate surface area is 141 Å². The fraction of sp³-hybridized carbons (Fsp3) is 0.0588. The summed E-state index contributed by atoms with van der Waals surface area (Å²) in [5.41, 5.74) is 3.33. The van der Waals surface area contributed by atoms with Gasteiger partial charge in [0.1, 0.15) is 12.8 Å². The summed E-state index contributed by atoms with van der Waals surface area (Å²) in [4.78, 5) is 9.49. The van der Waals surface area contributed by atoms with Crippen molar-refractivity contribution >= 4 is 44.1 Å². The molecule has 2 aromatic carbocycles. The Balaban J connectivity index is 2.18. The van der Waals surface area contributed by atoms with Crippen LogP contribution in [0, 0.1) is 0 Å². The lowest BCUT2D eigenvalue weighted by Crippen LogP contribution is -2.06. The van der Waals surface area contributed by atoms with Gasteiger partial charge in [-0.05, 0) is 34.1 Å². The van der Waals surface area contributed by atoms with Crippen LogP contribution in [0.5, 0.6) is 0 Å². The Bertz CT molecular complexity index is 864. The van der Waals surface area contributed by atoms with Crippen LogP contribution in [0.25, 0.3) is 10.9 Å². The lowest BCUT2D eigenvalue weighted by molar-refractivity contribution is 0.214. The van der Waals surface area contributed by atoms with Gasteiger partial charge in [0.2, 0.25) is 0 Å². The molecule has 110 valence electrons. The second-order valence-electron chi connectivity index (χ2n) is 4.64. The summed E-state index contributed by atoms with van der Waals surface area (Å²) in [6, 6.07) is 15.6. The summed E-state index contributed by atoms with van der Waals surface area (Å²) in [7, 11) is 1.52. The zero-order chi connectivity index (χ0) is 15.5. The van der Waals surface area contributed by atoms with Crippen molar-refractivity contribution in [1.29, 1.82) is 0 Å². The van der Waals surface area contributed by atoms with E-state index < -0.39 is 0 Å². The minimum atomic E-state index is 0.620. The molecular weight excluding hydrogens is 364 g/mol. The van der Waals surface area contributed by atoms with Crippen molar-refractivity contribution < 1.29 is 4.84 Å². The minimum absolute atomic E-state index is 0.620. The summed E-state index contributed by atoms with van der Waals surface area (Å²) >= 11 is 9.69. The summed E-state index contributed by atoms with van der Waals surface area (Å²) in [6.45, 7) is 0. The number of para-hydroxylation sites is 1. The number of hydrogen-bond acceptors (Lipinski definition) is 3. The number of benzene rings is 2. The number of pyridine rings is 1. The predicted octanol–water partition coefficient (Wildman–Crippen LogP) is 5.05. The number of hydrogen-bond donors (Lipinski definition) is 0. The van der Waals surface area contributed by atoms with E-state index in [2.05, 4.69) is 26.1 Å². The number of aromatic nitrogens is 1. The largest absolute Gasteiger partial charge is 0.399 e. The Morgan fingerprint density at radius 1 is 1.18 bits per heavy atom. The number of rotatable bonds is 3. The first kappa shape index (κ1) is 15.0. The van der Waals surface area contributed by atoms with E-state index in [4.69, 9.17) is 16.4 Å². The molecule has 0 saturated heterocycles. The van der Waals surface area contributed by atoms with Gasteiger partial charge in [-0.2, -0.15) is 0 Å². The fourth-order valence-electron chi connectivity index (χ4n) is 2.24. The molecule has 1 aromatic heterocycles. The molecule has 5 heteroatoms. The second kappa shape index (κ2) is 6.46. The van der Waals surface area contributed by atoms with Crippen LogP contribution in [0.3, 0.4) is 0 Å². The van der Waals surface area contributed by atoms with E-state index in [1.807, 2.05) is 48.5 Å². The molecule has 3 aromatic rings. The van der Waals surface area contributed by atoms with Crippen molar-refractivity contribution in [3.05, 3.63) is 75.4 Å². The molecule has 0 saturated carbocycles. The normalized spacial score (nSPS) is 11.7. The Morgan fingerprint density at radius 3 is 2.82 bits per heavy atom. The van der Waals surface area contributed by atoms with Gasteiger partial charge in [0.25, 0.3) is 0 Å². The molecule has 0 N–H and O–H groups in total. The van der Waals surface area contributed by atoms with E-state index in [0.717, 1.165) is 26.5 Å². The molecule has 0 radical (unpaired) electrons. The minimum Gasteiger partial charge on any atom is -0.399 e. The van der Waals surface area contributed by atoms with Gasteiger partial charge in [-0.15, -0.1) is 0 Å². The third-order valence-electron chi connectivity index (χ3n) is 3.25. The summed E-state index contributed by atoms with van der Waals surface area (Å²) in [6.07, 6.45) is 1.79. The molecule has 22 heavy (non-hydrogen) atoms. The van der Waals surface area contributed by atoms with Gasteiger partial charge in [0.05, 0.1) is 10.5 Å². The van der Waals surface area contributed by atoms with Crippen LogP contribution >= 0.6 is 27.5 Å². The van der Waals surface area contributed by atoms with Crippen LogP contribution in [0.2, 0.25) is 5.02 Å². The maximum absolute atomic E-state index is 6.18. The molecule has 3 rings (SSSR count). The number of fused-ring (bicyclic) bond motifs is 1. The third-order valence-corrected chi connectivity index (χ3v) is 4.65. The lowest BCUT2D eigenvalue weighted by atomic mass is 10.0. The zero-order valence-electron chi connectivity index (χ0n) is 11.8. The first-order valence-electron chi connectivity index (χ1n) is 6.61. The Kier molecular flexibility index (Phi) is 4.41. The SMILES string of the molecule is CON=C(c1cnc2ccccc2c1)c1cccc(Cl)c1Br. The molecule has 0 aliphatic rings. The first-order valence-corrected chi connectivity index (χ1v) is 7.78. The highest BCUT2D eigenvalue weighted by Gasteiger charge is 2.14. The number of halogens is 2. The lowest BCUT2D eigenvalue weighted by Gasteiger charge is -2.10. The average Bonchev–Trinajstić information content (AvgIpc) is 2.55. The van der Waals surface area contributed by atoms with Crippen molar-refractivity contribution in [1.82, 2.24) is 4.98 Å². The molecule has 0 aliphatic heterocycles. The van der Waals surface area contributed by atoms with Crippen LogP contribution in [-0.2, 0) is 4.84 Å². The molecule has 0 bridgehead atoms. The number of nitrogens with zero attached hydrogens (tertiary/aromatic N) is 2. The molecule has 0 spiro atoms.